The van der Waals surface area contributed by atoms with Crippen LogP contribution in [0.4, 0.5) is 0 Å². The molecule has 0 saturated heterocycles. The second-order valence-corrected chi connectivity index (χ2v) is 3.67. The fraction of sp³-hybridized carbons (Fsp3) is 0.462. The van der Waals surface area contributed by atoms with Crippen LogP contribution in [-0.2, 0) is 0 Å². The zero-order valence-corrected chi connectivity index (χ0v) is 9.15. The molecule has 73 valence electrons. The highest BCUT2D eigenvalue weighted by molar-refractivity contribution is 5.94. The molecule has 0 spiro atoms. The number of aliphatic imine (C=N–C) groups is 1. The molecule has 1 aliphatic carbocycles. The van der Waals surface area contributed by atoms with Crippen molar-refractivity contribution in [3.8, 4) is 0 Å². The third-order valence-electron chi connectivity index (χ3n) is 2.95. The normalized spacial score (nSPS) is 19.5. The molecule has 1 radical (unpaired) electrons. The van der Waals surface area contributed by atoms with Crippen molar-refractivity contribution < 1.29 is 0 Å². The van der Waals surface area contributed by atoms with Crippen LogP contribution in [0.25, 0.3) is 0 Å². The summed E-state index contributed by atoms with van der Waals surface area (Å²) in [6.45, 7) is 6.60. The minimum absolute atomic E-state index is 1.01. The van der Waals surface area contributed by atoms with Gasteiger partial charge in [-0.05, 0) is 36.5 Å². The summed E-state index contributed by atoms with van der Waals surface area (Å²) in [5, 5.41) is 0. The van der Waals surface area contributed by atoms with E-state index in [1.165, 1.54) is 28.0 Å². The van der Waals surface area contributed by atoms with E-state index in [1.54, 1.807) is 0 Å². The fourth-order valence-corrected chi connectivity index (χ4v) is 2.23. The second-order valence-electron chi connectivity index (χ2n) is 3.67. The second kappa shape index (κ2) is 3.56. The zero-order chi connectivity index (χ0) is 10.1. The first-order chi connectivity index (χ1) is 6.81. The predicted octanol–water partition coefficient (Wildman–Crippen LogP) is 3.67. The van der Waals surface area contributed by atoms with Gasteiger partial charge in [-0.2, -0.15) is 0 Å². The van der Waals surface area contributed by atoms with Crippen LogP contribution in [0.3, 0.4) is 0 Å². The average molecular weight is 186 g/mol. The predicted molar refractivity (Wildman–Crippen MR) is 60.4 cm³/mol. The van der Waals surface area contributed by atoms with Crippen molar-refractivity contribution in [1.82, 2.24) is 0 Å². The number of nitrogens with zero attached hydrogens (tertiary/aromatic N) is 1. The number of hydrogen-bond donors (Lipinski definition) is 0. The molecule has 1 heterocycles. The molecule has 0 aromatic carbocycles. The highest BCUT2D eigenvalue weighted by atomic mass is 14.8. The fourth-order valence-electron chi connectivity index (χ4n) is 2.23. The lowest BCUT2D eigenvalue weighted by Crippen LogP contribution is -1.89. The molecular formula is C13H16N. The molecular weight excluding hydrogens is 170 g/mol. The average Bonchev–Trinajstić information content (AvgIpc) is 2.74. The Morgan fingerprint density at radius 1 is 1.14 bits per heavy atom. The Morgan fingerprint density at radius 2 is 1.93 bits per heavy atom. The zero-order valence-electron chi connectivity index (χ0n) is 9.15. The van der Waals surface area contributed by atoms with Gasteiger partial charge in [0.25, 0.3) is 0 Å². The molecule has 2 aliphatic rings. The first-order valence-electron chi connectivity index (χ1n) is 5.46. The third kappa shape index (κ3) is 1.19. The first kappa shape index (κ1) is 9.45. The quantitative estimate of drug-likeness (QED) is 0.637. The number of allylic oxidation sites excluding steroid dienone is 6. The van der Waals surface area contributed by atoms with Crippen LogP contribution < -0.4 is 0 Å². The van der Waals surface area contributed by atoms with Gasteiger partial charge in [0.1, 0.15) is 0 Å². The SMILES string of the molecule is CCC1=C(CC)C2=C(CC)N=[C]C2=C1. The molecule has 0 fully saturated rings. The topological polar surface area (TPSA) is 12.4 Å². The van der Waals surface area contributed by atoms with E-state index in [1.807, 2.05) is 0 Å². The molecule has 0 unspecified atom stereocenters. The summed E-state index contributed by atoms with van der Waals surface area (Å²) < 4.78 is 0. The molecule has 0 saturated carbocycles. The van der Waals surface area contributed by atoms with E-state index < -0.39 is 0 Å². The van der Waals surface area contributed by atoms with Crippen molar-refractivity contribution in [2.24, 2.45) is 4.99 Å². The van der Waals surface area contributed by atoms with Crippen LogP contribution in [-0.4, -0.2) is 6.21 Å². The van der Waals surface area contributed by atoms with Gasteiger partial charge in [0, 0.05) is 16.8 Å². The maximum absolute atomic E-state index is 4.33. The smallest absolute Gasteiger partial charge is 0.0975 e. The number of rotatable bonds is 3. The van der Waals surface area contributed by atoms with Crippen molar-refractivity contribution in [3.63, 3.8) is 0 Å². The molecule has 0 bridgehead atoms. The summed E-state index contributed by atoms with van der Waals surface area (Å²) in [5.41, 5.74) is 6.79. The Morgan fingerprint density at radius 3 is 2.50 bits per heavy atom. The summed E-state index contributed by atoms with van der Waals surface area (Å²) >= 11 is 0. The van der Waals surface area contributed by atoms with E-state index in [9.17, 15) is 0 Å². The molecule has 14 heavy (non-hydrogen) atoms. The summed E-state index contributed by atoms with van der Waals surface area (Å²) in [7, 11) is 0. The van der Waals surface area contributed by atoms with Gasteiger partial charge in [-0.1, -0.05) is 20.8 Å². The third-order valence-corrected chi connectivity index (χ3v) is 2.95. The Balaban J connectivity index is 2.49. The standard InChI is InChI=1S/C13H16N/c1-4-9-7-10-8-14-12(6-3)13(10)11(9)5-2/h7H,4-6H2,1-3H3. The first-order valence-corrected chi connectivity index (χ1v) is 5.46. The van der Waals surface area contributed by atoms with Gasteiger partial charge in [-0.25, -0.2) is 4.99 Å². The van der Waals surface area contributed by atoms with E-state index in [0.29, 0.717) is 0 Å². The highest BCUT2D eigenvalue weighted by Crippen LogP contribution is 2.39. The number of fused-ring (bicyclic) bond motifs is 1. The minimum atomic E-state index is 1.01. The van der Waals surface area contributed by atoms with Gasteiger partial charge in [0.05, 0.1) is 6.21 Å². The summed E-state index contributed by atoms with van der Waals surface area (Å²) in [6.07, 6.45) is 8.61. The van der Waals surface area contributed by atoms with Gasteiger partial charge in [-0.3, -0.25) is 0 Å². The lowest BCUT2D eigenvalue weighted by molar-refractivity contribution is 1.01. The maximum Gasteiger partial charge on any atom is 0.0975 e. The van der Waals surface area contributed by atoms with Gasteiger partial charge in [0.2, 0.25) is 0 Å². The van der Waals surface area contributed by atoms with E-state index in [0.717, 1.165) is 19.3 Å². The molecule has 1 aliphatic heterocycles. The van der Waals surface area contributed by atoms with E-state index >= 15 is 0 Å². The van der Waals surface area contributed by atoms with Gasteiger partial charge >= 0.3 is 0 Å². The van der Waals surface area contributed by atoms with Crippen LogP contribution in [0, 0.1) is 0 Å². The molecule has 0 aromatic heterocycles. The lowest BCUT2D eigenvalue weighted by atomic mass is 9.98. The molecule has 0 aromatic rings. The van der Waals surface area contributed by atoms with Crippen LogP contribution in [0.2, 0.25) is 0 Å². The molecule has 0 N–H and O–H groups in total. The Kier molecular flexibility index (Phi) is 2.40. The van der Waals surface area contributed by atoms with Crippen molar-refractivity contribution in [1.29, 1.82) is 0 Å². The molecule has 0 amide bonds. The Hall–Kier alpha value is -1.11. The summed E-state index contributed by atoms with van der Waals surface area (Å²) in [4.78, 5) is 4.33. The molecule has 0 atom stereocenters. The monoisotopic (exact) mass is 186 g/mol. The van der Waals surface area contributed by atoms with Gasteiger partial charge in [-0.15, -0.1) is 0 Å². The molecule has 2 rings (SSSR count). The van der Waals surface area contributed by atoms with Crippen LogP contribution in [0.15, 0.2) is 39.1 Å². The lowest BCUT2D eigenvalue weighted by Gasteiger charge is -2.06. The van der Waals surface area contributed by atoms with Crippen LogP contribution in [0.1, 0.15) is 40.0 Å². The summed E-state index contributed by atoms with van der Waals surface area (Å²) in [6, 6.07) is 0. The number of hydrogen-bond acceptors (Lipinski definition) is 1. The van der Waals surface area contributed by atoms with Crippen molar-refractivity contribution in [2.75, 3.05) is 0 Å². The van der Waals surface area contributed by atoms with Crippen molar-refractivity contribution in [3.05, 3.63) is 34.1 Å². The van der Waals surface area contributed by atoms with Crippen molar-refractivity contribution >= 4 is 6.21 Å². The maximum atomic E-state index is 4.33. The highest BCUT2D eigenvalue weighted by Gasteiger charge is 2.25. The Labute approximate surface area is 85.9 Å². The van der Waals surface area contributed by atoms with Gasteiger partial charge < -0.3 is 0 Å². The molecule has 1 nitrogen and oxygen atoms in total. The van der Waals surface area contributed by atoms with E-state index in [-0.39, 0.29) is 0 Å². The van der Waals surface area contributed by atoms with Crippen LogP contribution in [0.5, 0.6) is 0 Å². The molecule has 1 heteroatoms. The Bertz CT molecular complexity index is 378. The van der Waals surface area contributed by atoms with E-state index in [2.05, 4.69) is 38.1 Å². The summed E-state index contributed by atoms with van der Waals surface area (Å²) in [5.74, 6) is 0. The van der Waals surface area contributed by atoms with Crippen molar-refractivity contribution in [2.45, 2.75) is 40.0 Å². The van der Waals surface area contributed by atoms with Crippen LogP contribution >= 0.6 is 0 Å². The van der Waals surface area contributed by atoms with Gasteiger partial charge in [0.15, 0.2) is 0 Å². The minimum Gasteiger partial charge on any atom is -0.250 e. The largest absolute Gasteiger partial charge is 0.250 e. The van der Waals surface area contributed by atoms with E-state index in [4.69, 9.17) is 0 Å².